The second kappa shape index (κ2) is 7.64. The van der Waals surface area contributed by atoms with Crippen molar-refractivity contribution in [3.63, 3.8) is 0 Å². The largest absolute Gasteiger partial charge is 0.351 e. The first-order chi connectivity index (χ1) is 9.70. The fourth-order valence-electron chi connectivity index (χ4n) is 2.43. The molecule has 0 unspecified atom stereocenters. The number of carbonyl (C=O) groups is 1. The Bertz CT molecular complexity index is 444. The zero-order chi connectivity index (χ0) is 14.4. The number of pyridine rings is 1. The van der Waals surface area contributed by atoms with E-state index in [1.807, 2.05) is 12.3 Å². The molecule has 0 atom stereocenters. The molecule has 0 spiro atoms. The van der Waals surface area contributed by atoms with Crippen LogP contribution in [0, 0.1) is 5.92 Å². The highest BCUT2D eigenvalue weighted by molar-refractivity contribution is 7.98. The molecule has 0 saturated carbocycles. The van der Waals surface area contributed by atoms with E-state index in [-0.39, 0.29) is 5.91 Å². The minimum absolute atomic E-state index is 0.0205. The molecule has 1 aliphatic rings. The van der Waals surface area contributed by atoms with Crippen molar-refractivity contribution in [1.29, 1.82) is 0 Å². The van der Waals surface area contributed by atoms with Crippen molar-refractivity contribution in [1.82, 2.24) is 15.2 Å². The predicted molar refractivity (Wildman–Crippen MR) is 83.2 cm³/mol. The van der Waals surface area contributed by atoms with Crippen LogP contribution in [-0.4, -0.2) is 48.2 Å². The Morgan fingerprint density at radius 2 is 2.25 bits per heavy atom. The molecule has 1 aromatic heterocycles. The summed E-state index contributed by atoms with van der Waals surface area (Å²) in [5, 5.41) is 3.79. The number of aromatic nitrogens is 1. The van der Waals surface area contributed by atoms with Gasteiger partial charge in [-0.05, 0) is 50.2 Å². The Balaban J connectivity index is 1.78. The quantitative estimate of drug-likeness (QED) is 0.846. The minimum atomic E-state index is -0.0205. The van der Waals surface area contributed by atoms with E-state index in [4.69, 9.17) is 0 Å². The molecular weight excluding hydrogens is 270 g/mol. The summed E-state index contributed by atoms with van der Waals surface area (Å²) in [5.41, 5.74) is 0.673. The highest BCUT2D eigenvalue weighted by atomic mass is 32.2. The molecule has 2 heterocycles. The Hall–Kier alpha value is -1.07. The van der Waals surface area contributed by atoms with Gasteiger partial charge in [0.15, 0.2) is 0 Å². The summed E-state index contributed by atoms with van der Waals surface area (Å²) < 4.78 is 0. The topological polar surface area (TPSA) is 45.2 Å². The highest BCUT2D eigenvalue weighted by Gasteiger charge is 2.16. The van der Waals surface area contributed by atoms with Gasteiger partial charge in [-0.1, -0.05) is 6.92 Å². The van der Waals surface area contributed by atoms with Crippen LogP contribution in [0.15, 0.2) is 23.4 Å². The molecule has 1 saturated heterocycles. The van der Waals surface area contributed by atoms with Crippen LogP contribution in [-0.2, 0) is 0 Å². The monoisotopic (exact) mass is 293 g/mol. The molecule has 1 aliphatic heterocycles. The van der Waals surface area contributed by atoms with Crippen LogP contribution in [0.4, 0.5) is 0 Å². The van der Waals surface area contributed by atoms with Gasteiger partial charge in [-0.25, -0.2) is 4.98 Å². The lowest BCUT2D eigenvalue weighted by molar-refractivity contribution is 0.0941. The summed E-state index contributed by atoms with van der Waals surface area (Å²) in [4.78, 5) is 18.8. The third-order valence-electron chi connectivity index (χ3n) is 3.80. The number of likely N-dealkylation sites (tertiary alicyclic amines) is 1. The van der Waals surface area contributed by atoms with Gasteiger partial charge in [0.05, 0.1) is 5.56 Å². The van der Waals surface area contributed by atoms with E-state index >= 15 is 0 Å². The van der Waals surface area contributed by atoms with Gasteiger partial charge in [0.25, 0.3) is 5.91 Å². The Morgan fingerprint density at radius 1 is 1.50 bits per heavy atom. The van der Waals surface area contributed by atoms with Crippen LogP contribution >= 0.6 is 11.8 Å². The van der Waals surface area contributed by atoms with Gasteiger partial charge < -0.3 is 10.2 Å². The number of nitrogens with zero attached hydrogens (tertiary/aromatic N) is 2. The number of thioether (sulfide) groups is 1. The van der Waals surface area contributed by atoms with Crippen LogP contribution in [0.1, 0.15) is 30.1 Å². The summed E-state index contributed by atoms with van der Waals surface area (Å²) in [6.07, 6.45) is 6.20. The third-order valence-corrected chi connectivity index (χ3v) is 4.51. The number of piperidine rings is 1. The maximum absolute atomic E-state index is 12.1. The van der Waals surface area contributed by atoms with Gasteiger partial charge in [0.1, 0.15) is 5.03 Å². The van der Waals surface area contributed by atoms with Crippen molar-refractivity contribution in [2.75, 3.05) is 32.4 Å². The Kier molecular flexibility index (Phi) is 5.86. The molecular formula is C15H23N3OS. The highest BCUT2D eigenvalue weighted by Crippen LogP contribution is 2.17. The summed E-state index contributed by atoms with van der Waals surface area (Å²) in [7, 11) is 0. The zero-order valence-corrected chi connectivity index (χ0v) is 13.1. The van der Waals surface area contributed by atoms with Gasteiger partial charge in [0, 0.05) is 19.3 Å². The molecule has 2 rings (SSSR count). The average molecular weight is 293 g/mol. The maximum Gasteiger partial charge on any atom is 0.254 e. The van der Waals surface area contributed by atoms with E-state index in [0.29, 0.717) is 12.1 Å². The first-order valence-electron chi connectivity index (χ1n) is 7.20. The van der Waals surface area contributed by atoms with Gasteiger partial charge in [-0.2, -0.15) is 0 Å². The Morgan fingerprint density at radius 3 is 2.95 bits per heavy atom. The van der Waals surface area contributed by atoms with Gasteiger partial charge in [0.2, 0.25) is 0 Å². The van der Waals surface area contributed by atoms with Crippen molar-refractivity contribution in [3.8, 4) is 0 Å². The number of amides is 1. The molecule has 4 nitrogen and oxygen atoms in total. The van der Waals surface area contributed by atoms with Gasteiger partial charge in [-0.15, -0.1) is 11.8 Å². The second-order valence-electron chi connectivity index (χ2n) is 5.34. The summed E-state index contributed by atoms with van der Waals surface area (Å²) in [6, 6.07) is 3.64. The molecule has 0 bridgehead atoms. The minimum Gasteiger partial charge on any atom is -0.351 e. The van der Waals surface area contributed by atoms with E-state index in [1.165, 1.54) is 24.6 Å². The van der Waals surface area contributed by atoms with E-state index in [0.717, 1.165) is 30.6 Å². The van der Waals surface area contributed by atoms with Crippen molar-refractivity contribution < 1.29 is 4.79 Å². The van der Waals surface area contributed by atoms with E-state index in [2.05, 4.69) is 22.1 Å². The molecule has 1 amide bonds. The summed E-state index contributed by atoms with van der Waals surface area (Å²) >= 11 is 1.50. The number of carbonyl (C=O) groups excluding carboxylic acids is 1. The van der Waals surface area contributed by atoms with Crippen LogP contribution < -0.4 is 5.32 Å². The molecule has 0 aliphatic carbocycles. The zero-order valence-electron chi connectivity index (χ0n) is 12.3. The molecule has 110 valence electrons. The fourth-order valence-corrected chi connectivity index (χ4v) is 2.98. The first-order valence-corrected chi connectivity index (χ1v) is 8.42. The predicted octanol–water partition coefficient (Wildman–Crippen LogP) is 2.27. The molecule has 5 heteroatoms. The molecule has 1 aromatic rings. The smallest absolute Gasteiger partial charge is 0.254 e. The maximum atomic E-state index is 12.1. The van der Waals surface area contributed by atoms with E-state index in [9.17, 15) is 4.79 Å². The Labute approximate surface area is 125 Å². The molecule has 20 heavy (non-hydrogen) atoms. The standard InChI is InChI=1S/C15H23N3OS/c1-12-5-9-18(10-6-12)11-8-16-14(19)13-4-3-7-17-15(13)20-2/h3-4,7,12H,5-6,8-11H2,1-2H3,(H,16,19). The van der Waals surface area contributed by atoms with Crippen molar-refractivity contribution >= 4 is 17.7 Å². The molecule has 1 N–H and O–H groups in total. The number of nitrogens with one attached hydrogen (secondary N) is 1. The normalized spacial score (nSPS) is 17.1. The lowest BCUT2D eigenvalue weighted by Gasteiger charge is -2.30. The summed E-state index contributed by atoms with van der Waals surface area (Å²) in [5.74, 6) is 0.827. The molecule has 0 aromatic carbocycles. The third kappa shape index (κ3) is 4.21. The van der Waals surface area contributed by atoms with Crippen LogP contribution in [0.25, 0.3) is 0 Å². The fraction of sp³-hybridized carbons (Fsp3) is 0.600. The van der Waals surface area contributed by atoms with Crippen molar-refractivity contribution in [2.24, 2.45) is 5.92 Å². The first kappa shape index (κ1) is 15.3. The van der Waals surface area contributed by atoms with Gasteiger partial charge in [-0.3, -0.25) is 4.79 Å². The lowest BCUT2D eigenvalue weighted by Crippen LogP contribution is -2.39. The van der Waals surface area contributed by atoms with Crippen LogP contribution in [0.2, 0.25) is 0 Å². The number of hydrogen-bond acceptors (Lipinski definition) is 4. The average Bonchev–Trinajstić information content (AvgIpc) is 2.49. The second-order valence-corrected chi connectivity index (χ2v) is 6.14. The number of hydrogen-bond donors (Lipinski definition) is 1. The van der Waals surface area contributed by atoms with Crippen molar-refractivity contribution in [3.05, 3.63) is 23.9 Å². The van der Waals surface area contributed by atoms with E-state index in [1.54, 1.807) is 12.3 Å². The summed E-state index contributed by atoms with van der Waals surface area (Å²) in [6.45, 7) is 6.26. The number of rotatable bonds is 5. The molecule has 0 radical (unpaired) electrons. The lowest BCUT2D eigenvalue weighted by atomic mass is 9.99. The van der Waals surface area contributed by atoms with E-state index < -0.39 is 0 Å². The van der Waals surface area contributed by atoms with Crippen molar-refractivity contribution in [2.45, 2.75) is 24.8 Å². The van der Waals surface area contributed by atoms with Crippen LogP contribution in [0.5, 0.6) is 0 Å². The SMILES string of the molecule is CSc1ncccc1C(=O)NCCN1CCC(C)CC1. The van der Waals surface area contributed by atoms with Crippen LogP contribution in [0.3, 0.4) is 0 Å². The van der Waals surface area contributed by atoms with Gasteiger partial charge >= 0.3 is 0 Å². The molecule has 1 fully saturated rings.